The summed E-state index contributed by atoms with van der Waals surface area (Å²) >= 11 is 1.46. The normalized spacial score (nSPS) is 10.3. The molecule has 1 amide bonds. The summed E-state index contributed by atoms with van der Waals surface area (Å²) in [4.78, 5) is 31.5. The van der Waals surface area contributed by atoms with Crippen molar-refractivity contribution < 1.29 is 9.72 Å². The number of anilines is 1. The molecule has 0 aliphatic heterocycles. The Bertz CT molecular complexity index is 1020. The molecule has 1 heterocycles. The van der Waals surface area contributed by atoms with E-state index in [0.29, 0.717) is 17.9 Å². The van der Waals surface area contributed by atoms with Gasteiger partial charge in [-0.15, -0.1) is 0 Å². The number of nitrogens with one attached hydrogen (secondary N) is 1. The van der Waals surface area contributed by atoms with Gasteiger partial charge in [0.15, 0.2) is 0 Å². The lowest BCUT2D eigenvalue weighted by Crippen LogP contribution is -2.06. The fourth-order valence-corrected chi connectivity index (χ4v) is 3.20. The van der Waals surface area contributed by atoms with Gasteiger partial charge >= 0.3 is 0 Å². The third-order valence-electron chi connectivity index (χ3n) is 3.69. The highest BCUT2D eigenvalue weighted by atomic mass is 32.2. The van der Waals surface area contributed by atoms with Gasteiger partial charge in [-0.05, 0) is 42.0 Å². The zero-order chi connectivity index (χ0) is 19.9. The number of benzene rings is 2. The summed E-state index contributed by atoms with van der Waals surface area (Å²) in [7, 11) is 0. The molecular formula is C20H16N4O3S. The minimum absolute atomic E-state index is 0.0478. The Kier molecular flexibility index (Phi) is 6.13. The van der Waals surface area contributed by atoms with Crippen LogP contribution in [0.2, 0.25) is 0 Å². The number of nitro benzene ring substituents is 1. The van der Waals surface area contributed by atoms with Gasteiger partial charge in [0.25, 0.3) is 5.69 Å². The summed E-state index contributed by atoms with van der Waals surface area (Å²) in [6, 6.07) is 15.6. The molecule has 3 rings (SSSR count). The smallest absolute Gasteiger partial charge is 0.269 e. The van der Waals surface area contributed by atoms with Crippen LogP contribution in [0.1, 0.15) is 11.4 Å². The van der Waals surface area contributed by atoms with Crippen LogP contribution in [0.4, 0.5) is 11.4 Å². The molecule has 0 bridgehead atoms. The summed E-state index contributed by atoms with van der Waals surface area (Å²) in [5, 5.41) is 14.4. The van der Waals surface area contributed by atoms with Gasteiger partial charge in [0.1, 0.15) is 10.9 Å². The maximum atomic E-state index is 11.3. The molecule has 0 spiro atoms. The zero-order valence-electron chi connectivity index (χ0n) is 14.7. The van der Waals surface area contributed by atoms with Crippen LogP contribution in [-0.4, -0.2) is 20.8 Å². The quantitative estimate of drug-likeness (QED) is 0.279. The molecule has 1 aromatic heterocycles. The highest BCUT2D eigenvalue weighted by molar-refractivity contribution is 7.99. The number of rotatable bonds is 7. The molecular weight excluding hydrogens is 376 g/mol. The molecule has 28 heavy (non-hydrogen) atoms. The Hall–Kier alpha value is -3.52. The maximum absolute atomic E-state index is 11.3. The minimum atomic E-state index is -0.419. The predicted molar refractivity (Wildman–Crippen MR) is 107 cm³/mol. The van der Waals surface area contributed by atoms with Crippen molar-refractivity contribution in [2.75, 3.05) is 5.32 Å². The van der Waals surface area contributed by atoms with Gasteiger partial charge in [0, 0.05) is 35.3 Å². The van der Waals surface area contributed by atoms with E-state index < -0.39 is 4.92 Å². The number of hydrogen-bond donors (Lipinski definition) is 1. The van der Waals surface area contributed by atoms with Gasteiger partial charge in [-0.2, -0.15) is 0 Å². The Morgan fingerprint density at radius 3 is 2.71 bits per heavy atom. The second kappa shape index (κ2) is 8.92. The first-order chi connectivity index (χ1) is 13.5. The summed E-state index contributed by atoms with van der Waals surface area (Å²) in [6.07, 6.45) is 3.29. The van der Waals surface area contributed by atoms with Crippen LogP contribution >= 0.6 is 11.8 Å². The number of hydrogen-bond acceptors (Lipinski definition) is 6. The molecule has 2 aromatic carbocycles. The van der Waals surface area contributed by atoms with Crippen LogP contribution in [-0.2, 0) is 11.2 Å². The van der Waals surface area contributed by atoms with Gasteiger partial charge in [-0.25, -0.2) is 9.97 Å². The first-order valence-corrected chi connectivity index (χ1v) is 9.12. The zero-order valence-corrected chi connectivity index (χ0v) is 15.6. The molecule has 0 unspecified atom stereocenters. The van der Waals surface area contributed by atoms with E-state index in [-0.39, 0.29) is 11.6 Å². The second-order valence-corrected chi connectivity index (χ2v) is 6.83. The third-order valence-corrected chi connectivity index (χ3v) is 4.64. The van der Waals surface area contributed by atoms with Crippen molar-refractivity contribution >= 4 is 29.0 Å². The number of amides is 1. The van der Waals surface area contributed by atoms with Gasteiger partial charge in [0.2, 0.25) is 5.91 Å². The number of nitro groups is 1. The Morgan fingerprint density at radius 2 is 2.00 bits per heavy atom. The largest absolute Gasteiger partial charge is 0.323 e. The molecule has 3 aromatic rings. The summed E-state index contributed by atoms with van der Waals surface area (Å²) in [6.45, 7) is 3.42. The number of carbonyl (C=O) groups is 1. The lowest BCUT2D eigenvalue weighted by molar-refractivity contribution is -0.384. The molecule has 1 N–H and O–H groups in total. The van der Waals surface area contributed by atoms with Gasteiger partial charge in [-0.3, -0.25) is 14.9 Å². The van der Waals surface area contributed by atoms with Crippen LogP contribution in [0.25, 0.3) is 0 Å². The molecule has 0 saturated heterocycles. The molecule has 0 atom stereocenters. The molecule has 7 nitrogen and oxygen atoms in total. The summed E-state index contributed by atoms with van der Waals surface area (Å²) < 4.78 is 0. The van der Waals surface area contributed by atoms with Crippen molar-refractivity contribution in [2.24, 2.45) is 0 Å². The van der Waals surface area contributed by atoms with E-state index in [9.17, 15) is 14.9 Å². The SMILES string of the molecule is C=CC(=O)Nc1ccc(Sc2ccnc(Cc3cccc([N+](=O)[O-])c3)n2)cc1. The lowest BCUT2D eigenvalue weighted by atomic mass is 10.1. The van der Waals surface area contributed by atoms with Gasteiger partial charge in [-0.1, -0.05) is 30.5 Å². The molecule has 140 valence electrons. The highest BCUT2D eigenvalue weighted by Gasteiger charge is 2.08. The third kappa shape index (κ3) is 5.24. The Labute approximate surface area is 165 Å². The lowest BCUT2D eigenvalue weighted by Gasteiger charge is -2.06. The van der Waals surface area contributed by atoms with Crippen LogP contribution in [0.3, 0.4) is 0 Å². The first kappa shape index (κ1) is 19.2. The van der Waals surface area contributed by atoms with Crippen molar-refractivity contribution in [3.05, 3.63) is 95.0 Å². The maximum Gasteiger partial charge on any atom is 0.269 e. The van der Waals surface area contributed by atoms with E-state index >= 15 is 0 Å². The van der Waals surface area contributed by atoms with Gasteiger partial charge in [0.05, 0.1) is 4.92 Å². The highest BCUT2D eigenvalue weighted by Crippen LogP contribution is 2.27. The van der Waals surface area contributed by atoms with Crippen molar-refractivity contribution in [3.63, 3.8) is 0 Å². The van der Waals surface area contributed by atoms with E-state index in [1.807, 2.05) is 18.2 Å². The second-order valence-electron chi connectivity index (χ2n) is 5.73. The number of aromatic nitrogens is 2. The van der Waals surface area contributed by atoms with Crippen LogP contribution in [0.15, 0.2) is 83.4 Å². The molecule has 0 aliphatic rings. The van der Waals surface area contributed by atoms with E-state index in [4.69, 9.17) is 0 Å². The van der Waals surface area contributed by atoms with Crippen molar-refractivity contribution in [1.29, 1.82) is 0 Å². The van der Waals surface area contributed by atoms with Gasteiger partial charge < -0.3 is 5.32 Å². The topological polar surface area (TPSA) is 98.0 Å². The van der Waals surface area contributed by atoms with E-state index in [2.05, 4.69) is 21.9 Å². The fraction of sp³-hybridized carbons (Fsp3) is 0.0500. The van der Waals surface area contributed by atoms with Crippen molar-refractivity contribution in [3.8, 4) is 0 Å². The number of non-ortho nitro benzene ring substituents is 1. The number of nitrogens with zero attached hydrogens (tertiary/aromatic N) is 3. The van der Waals surface area contributed by atoms with E-state index in [1.54, 1.807) is 30.5 Å². The molecule has 0 radical (unpaired) electrons. The molecule has 0 aliphatic carbocycles. The summed E-state index contributed by atoms with van der Waals surface area (Å²) in [5.74, 6) is 0.322. The molecule has 8 heteroatoms. The van der Waals surface area contributed by atoms with Crippen molar-refractivity contribution in [2.45, 2.75) is 16.3 Å². The summed E-state index contributed by atoms with van der Waals surface area (Å²) in [5.41, 5.74) is 1.51. The fourth-order valence-electron chi connectivity index (χ4n) is 2.41. The van der Waals surface area contributed by atoms with E-state index in [0.717, 1.165) is 15.5 Å². The Balaban J connectivity index is 1.69. The predicted octanol–water partition coefficient (Wildman–Crippen LogP) is 4.25. The van der Waals surface area contributed by atoms with Crippen LogP contribution in [0, 0.1) is 10.1 Å². The monoisotopic (exact) mass is 392 g/mol. The van der Waals surface area contributed by atoms with Crippen LogP contribution in [0.5, 0.6) is 0 Å². The van der Waals surface area contributed by atoms with E-state index in [1.165, 1.54) is 30.0 Å². The molecule has 0 saturated carbocycles. The van der Waals surface area contributed by atoms with Crippen LogP contribution < -0.4 is 5.32 Å². The minimum Gasteiger partial charge on any atom is -0.323 e. The Morgan fingerprint density at radius 1 is 1.21 bits per heavy atom. The first-order valence-electron chi connectivity index (χ1n) is 8.30. The van der Waals surface area contributed by atoms with Crippen molar-refractivity contribution in [1.82, 2.24) is 9.97 Å². The number of carbonyl (C=O) groups excluding carboxylic acids is 1. The average molecular weight is 392 g/mol. The average Bonchev–Trinajstić information content (AvgIpc) is 2.70. The standard InChI is InChI=1S/C20H16N4O3S/c1-2-19(25)22-15-6-8-17(9-7-15)28-20-10-11-21-18(23-20)13-14-4-3-5-16(12-14)24(26)27/h2-12H,1,13H2,(H,22,25). The molecule has 0 fully saturated rings.